The second-order valence-electron chi connectivity index (χ2n) is 9.74. The van der Waals surface area contributed by atoms with Gasteiger partial charge in [0.2, 0.25) is 5.91 Å². The second kappa shape index (κ2) is 10.5. The van der Waals surface area contributed by atoms with Gasteiger partial charge in [-0.2, -0.15) is 0 Å². The third-order valence-electron chi connectivity index (χ3n) is 7.33. The van der Waals surface area contributed by atoms with Crippen molar-refractivity contribution >= 4 is 29.3 Å². The van der Waals surface area contributed by atoms with Crippen LogP contribution in [-0.2, 0) is 4.79 Å². The lowest BCUT2D eigenvalue weighted by atomic mass is 9.93. The van der Waals surface area contributed by atoms with E-state index in [0.717, 1.165) is 30.8 Å². The maximum atomic E-state index is 13.6. The minimum atomic E-state index is -0.558. The molecule has 1 N–H and O–H groups in total. The van der Waals surface area contributed by atoms with Crippen LogP contribution < -0.4 is 10.2 Å². The normalized spacial score (nSPS) is 21.6. The third-order valence-corrected chi connectivity index (χ3v) is 7.33. The number of nitrogens with one attached hydrogen (secondary N) is 1. The fraction of sp³-hybridized carbons (Fsp3) is 0.640. The van der Waals surface area contributed by atoms with E-state index in [2.05, 4.69) is 10.2 Å². The molecule has 3 aliphatic rings. The Labute approximate surface area is 196 Å². The lowest BCUT2D eigenvalue weighted by Crippen LogP contribution is -2.55. The van der Waals surface area contributed by atoms with Gasteiger partial charge in [0.1, 0.15) is 6.54 Å². The number of imide groups is 1. The van der Waals surface area contributed by atoms with Crippen molar-refractivity contribution < 1.29 is 14.4 Å². The predicted molar refractivity (Wildman–Crippen MR) is 129 cm³/mol. The molecule has 0 spiro atoms. The zero-order valence-corrected chi connectivity index (χ0v) is 20.0. The zero-order valence-electron chi connectivity index (χ0n) is 20.0. The molecule has 8 nitrogen and oxygen atoms in total. The molecule has 1 aromatic carbocycles. The Kier molecular flexibility index (Phi) is 7.53. The number of fused-ring (bicyclic) bond motifs is 1. The molecule has 1 saturated carbocycles. The number of amides is 5. The summed E-state index contributed by atoms with van der Waals surface area (Å²) in [4.78, 5) is 45.7. The summed E-state index contributed by atoms with van der Waals surface area (Å²) in [5.74, 6) is -0.288. The number of anilines is 2. The molecule has 1 aromatic rings. The Hall–Kier alpha value is -2.61. The summed E-state index contributed by atoms with van der Waals surface area (Å²) in [5, 5.41) is 2.83. The average Bonchev–Trinajstić information content (AvgIpc) is 2.88. The summed E-state index contributed by atoms with van der Waals surface area (Å²) in [6, 6.07) is 7.09. The molecule has 4 rings (SSSR count). The van der Waals surface area contributed by atoms with Crippen LogP contribution in [0, 0.1) is 0 Å². The first-order valence-electron chi connectivity index (χ1n) is 12.4. The van der Waals surface area contributed by atoms with Crippen LogP contribution in [-0.4, -0.2) is 78.5 Å². The molecule has 2 heterocycles. The van der Waals surface area contributed by atoms with Gasteiger partial charge in [0, 0.05) is 39.3 Å². The monoisotopic (exact) mass is 455 g/mol. The summed E-state index contributed by atoms with van der Waals surface area (Å²) < 4.78 is 0. The second-order valence-corrected chi connectivity index (χ2v) is 9.74. The maximum absolute atomic E-state index is 13.6. The van der Waals surface area contributed by atoms with E-state index in [1.54, 1.807) is 19.0 Å². The van der Waals surface area contributed by atoms with E-state index < -0.39 is 12.1 Å². The molecule has 0 unspecified atom stereocenters. The highest BCUT2D eigenvalue weighted by atomic mass is 16.2. The highest BCUT2D eigenvalue weighted by Gasteiger charge is 2.39. The van der Waals surface area contributed by atoms with E-state index in [0.29, 0.717) is 17.4 Å². The number of nitrogens with zero attached hydrogens (tertiary/aromatic N) is 4. The number of urea groups is 2. The van der Waals surface area contributed by atoms with Crippen LogP contribution in [0.5, 0.6) is 0 Å². The Balaban J connectivity index is 1.52. The first kappa shape index (κ1) is 23.5. The SMILES string of the molecule is CN(C)C(=O)CN1C(=O)Nc2ccccc2N(C2CCN(C3CCCCCCC3)CC2)C1=O. The first-order chi connectivity index (χ1) is 16.0. The molecule has 5 amide bonds. The van der Waals surface area contributed by atoms with Gasteiger partial charge in [-0.3, -0.25) is 9.69 Å². The smallest absolute Gasteiger partial charge is 0.333 e. The maximum Gasteiger partial charge on any atom is 0.333 e. The van der Waals surface area contributed by atoms with Gasteiger partial charge in [-0.15, -0.1) is 0 Å². The molecule has 0 radical (unpaired) electrons. The summed E-state index contributed by atoms with van der Waals surface area (Å²) in [6.07, 6.45) is 10.9. The Bertz CT molecular complexity index is 857. The number of rotatable bonds is 4. The summed E-state index contributed by atoms with van der Waals surface area (Å²) in [7, 11) is 3.25. The van der Waals surface area contributed by atoms with E-state index in [4.69, 9.17) is 0 Å². The van der Waals surface area contributed by atoms with Gasteiger partial charge in [-0.05, 0) is 37.8 Å². The topological polar surface area (TPSA) is 76.2 Å². The Morgan fingerprint density at radius 1 is 0.939 bits per heavy atom. The van der Waals surface area contributed by atoms with Crippen LogP contribution in [0.25, 0.3) is 0 Å². The van der Waals surface area contributed by atoms with Crippen molar-refractivity contribution in [2.75, 3.05) is 43.9 Å². The van der Waals surface area contributed by atoms with Gasteiger partial charge in [-0.25, -0.2) is 14.5 Å². The Morgan fingerprint density at radius 3 is 2.24 bits per heavy atom. The molecule has 0 atom stereocenters. The van der Waals surface area contributed by atoms with Gasteiger partial charge in [-0.1, -0.05) is 44.2 Å². The first-order valence-corrected chi connectivity index (χ1v) is 12.4. The number of likely N-dealkylation sites (N-methyl/N-ethyl adjacent to an activating group) is 1. The number of piperidine rings is 1. The quantitative estimate of drug-likeness (QED) is 0.741. The molecule has 2 aliphatic heterocycles. The van der Waals surface area contributed by atoms with Gasteiger partial charge in [0.15, 0.2) is 0 Å². The van der Waals surface area contributed by atoms with E-state index in [9.17, 15) is 14.4 Å². The Morgan fingerprint density at radius 2 is 1.58 bits per heavy atom. The molecule has 180 valence electrons. The van der Waals surface area contributed by atoms with Gasteiger partial charge in [0.05, 0.1) is 11.4 Å². The predicted octanol–water partition coefficient (Wildman–Crippen LogP) is 4.13. The fourth-order valence-corrected chi connectivity index (χ4v) is 5.37. The van der Waals surface area contributed by atoms with Crippen LogP contribution in [0.15, 0.2) is 24.3 Å². The van der Waals surface area contributed by atoms with Crippen molar-refractivity contribution in [2.45, 2.75) is 69.9 Å². The van der Waals surface area contributed by atoms with Crippen molar-refractivity contribution in [1.29, 1.82) is 0 Å². The van der Waals surface area contributed by atoms with Crippen molar-refractivity contribution in [2.24, 2.45) is 0 Å². The minimum absolute atomic E-state index is 0.00638. The number of benzene rings is 1. The summed E-state index contributed by atoms with van der Waals surface area (Å²) in [5.41, 5.74) is 1.32. The molecule has 8 heteroatoms. The molecule has 2 fully saturated rings. The van der Waals surface area contributed by atoms with Crippen LogP contribution in [0.2, 0.25) is 0 Å². The molecule has 1 aliphatic carbocycles. The minimum Gasteiger partial charge on any atom is -0.347 e. The average molecular weight is 456 g/mol. The third kappa shape index (κ3) is 5.32. The molecular weight excluding hydrogens is 418 g/mol. The fourth-order valence-electron chi connectivity index (χ4n) is 5.37. The van der Waals surface area contributed by atoms with E-state index in [1.807, 2.05) is 24.3 Å². The van der Waals surface area contributed by atoms with E-state index in [-0.39, 0.29) is 18.5 Å². The van der Waals surface area contributed by atoms with Crippen LogP contribution in [0.1, 0.15) is 57.8 Å². The highest BCUT2D eigenvalue weighted by molar-refractivity contribution is 6.13. The van der Waals surface area contributed by atoms with Crippen molar-refractivity contribution in [3.05, 3.63) is 24.3 Å². The highest BCUT2D eigenvalue weighted by Crippen LogP contribution is 2.35. The molecular formula is C25H37N5O3. The zero-order chi connectivity index (χ0) is 23.4. The molecule has 0 bridgehead atoms. The number of para-hydroxylation sites is 2. The van der Waals surface area contributed by atoms with Gasteiger partial charge >= 0.3 is 12.1 Å². The van der Waals surface area contributed by atoms with E-state index >= 15 is 0 Å². The summed E-state index contributed by atoms with van der Waals surface area (Å²) >= 11 is 0. The van der Waals surface area contributed by atoms with Crippen LogP contribution >= 0.6 is 0 Å². The van der Waals surface area contributed by atoms with Gasteiger partial charge < -0.3 is 15.1 Å². The molecule has 1 saturated heterocycles. The number of carbonyl (C=O) groups excluding carboxylic acids is 3. The molecule has 0 aromatic heterocycles. The number of hydrogen-bond acceptors (Lipinski definition) is 4. The lowest BCUT2D eigenvalue weighted by Gasteiger charge is -2.42. The van der Waals surface area contributed by atoms with Crippen molar-refractivity contribution in [3.63, 3.8) is 0 Å². The standard InChI is InChI=1S/C25H37N5O3/c1-27(2)23(31)18-29-24(32)26-21-12-8-9-13-22(21)30(25(29)33)20-14-16-28(17-15-20)19-10-6-4-3-5-7-11-19/h8-9,12-13,19-20H,3-7,10-11,14-18H2,1-2H3,(H,26,32). The largest absolute Gasteiger partial charge is 0.347 e. The number of hydrogen-bond donors (Lipinski definition) is 1. The van der Waals surface area contributed by atoms with Gasteiger partial charge in [0.25, 0.3) is 0 Å². The molecule has 33 heavy (non-hydrogen) atoms. The van der Waals surface area contributed by atoms with Crippen LogP contribution in [0.4, 0.5) is 21.0 Å². The number of carbonyl (C=O) groups is 3. The van der Waals surface area contributed by atoms with Crippen molar-refractivity contribution in [3.8, 4) is 0 Å². The van der Waals surface area contributed by atoms with Crippen molar-refractivity contribution in [1.82, 2.24) is 14.7 Å². The lowest BCUT2D eigenvalue weighted by molar-refractivity contribution is -0.128. The van der Waals surface area contributed by atoms with Crippen LogP contribution in [0.3, 0.4) is 0 Å². The number of likely N-dealkylation sites (tertiary alicyclic amines) is 1. The van der Waals surface area contributed by atoms with E-state index in [1.165, 1.54) is 49.8 Å². The summed E-state index contributed by atoms with van der Waals surface area (Å²) in [6.45, 7) is 1.64.